The van der Waals surface area contributed by atoms with E-state index >= 15 is 0 Å². The molecule has 1 amide bonds. The fourth-order valence-electron chi connectivity index (χ4n) is 3.14. The molecule has 2 rings (SSSR count). The number of carbonyl (C=O) groups excluding carboxylic acids is 1. The molecule has 1 aliphatic heterocycles. The van der Waals surface area contributed by atoms with E-state index in [2.05, 4.69) is 5.32 Å². The van der Waals surface area contributed by atoms with Crippen LogP contribution in [0.4, 0.5) is 0 Å². The summed E-state index contributed by atoms with van der Waals surface area (Å²) in [5, 5.41) is 12.2. The molecule has 0 saturated carbocycles. The highest BCUT2D eigenvalue weighted by molar-refractivity contribution is 6.31. The van der Waals surface area contributed by atoms with E-state index in [-0.39, 0.29) is 12.3 Å². The zero-order valence-corrected chi connectivity index (χ0v) is 14.5. The molecule has 1 aliphatic rings. The molecule has 0 radical (unpaired) electrons. The summed E-state index contributed by atoms with van der Waals surface area (Å²) in [6.45, 7) is 1.63. The molecule has 0 aromatic heterocycles. The molecule has 2 N–H and O–H groups in total. The van der Waals surface area contributed by atoms with Crippen molar-refractivity contribution in [3.63, 3.8) is 0 Å². The van der Waals surface area contributed by atoms with Crippen molar-refractivity contribution in [2.24, 2.45) is 0 Å². The Morgan fingerprint density at radius 2 is 1.88 bits per heavy atom. The van der Waals surface area contributed by atoms with Gasteiger partial charge in [0.15, 0.2) is 0 Å². The topological polar surface area (TPSA) is 75.6 Å². The molecule has 1 heterocycles. The minimum Gasteiger partial charge on any atom is -0.481 e. The van der Waals surface area contributed by atoms with Gasteiger partial charge in [0.2, 0.25) is 5.91 Å². The van der Waals surface area contributed by atoms with Crippen LogP contribution in [0.3, 0.4) is 0 Å². The van der Waals surface area contributed by atoms with Crippen molar-refractivity contribution in [1.29, 1.82) is 0 Å². The highest BCUT2D eigenvalue weighted by Gasteiger charge is 2.42. The average Bonchev–Trinajstić information content (AvgIpc) is 2.58. The smallest absolute Gasteiger partial charge is 0.303 e. The van der Waals surface area contributed by atoms with Gasteiger partial charge in [-0.15, -0.1) is 0 Å². The summed E-state index contributed by atoms with van der Waals surface area (Å²) >= 11 is 6.35. The fourth-order valence-corrected chi connectivity index (χ4v) is 3.45. The van der Waals surface area contributed by atoms with E-state index in [4.69, 9.17) is 21.4 Å². The Bertz CT molecular complexity index is 570. The average molecular weight is 354 g/mol. The summed E-state index contributed by atoms with van der Waals surface area (Å²) in [7, 11) is 0. The maximum atomic E-state index is 12.9. The molecule has 0 atom stereocenters. The van der Waals surface area contributed by atoms with Gasteiger partial charge < -0.3 is 15.2 Å². The summed E-state index contributed by atoms with van der Waals surface area (Å²) < 4.78 is 5.44. The molecule has 0 bridgehead atoms. The molecule has 0 unspecified atom stereocenters. The Labute approximate surface area is 147 Å². The summed E-state index contributed by atoms with van der Waals surface area (Å²) in [4.78, 5) is 23.4. The predicted molar refractivity (Wildman–Crippen MR) is 92.3 cm³/mol. The molecular weight excluding hydrogens is 330 g/mol. The van der Waals surface area contributed by atoms with Crippen LogP contribution in [0.15, 0.2) is 24.3 Å². The second-order valence-electron chi connectivity index (χ2n) is 6.13. The molecule has 1 saturated heterocycles. The van der Waals surface area contributed by atoms with Gasteiger partial charge in [0.25, 0.3) is 0 Å². The van der Waals surface area contributed by atoms with Crippen molar-refractivity contribution < 1.29 is 19.4 Å². The third kappa shape index (κ3) is 4.71. The van der Waals surface area contributed by atoms with Gasteiger partial charge in [-0.2, -0.15) is 0 Å². The Balaban J connectivity index is 1.97. The first kappa shape index (κ1) is 18.7. The second-order valence-corrected chi connectivity index (χ2v) is 6.54. The van der Waals surface area contributed by atoms with Crippen LogP contribution in [-0.2, 0) is 19.7 Å². The molecule has 5 nitrogen and oxygen atoms in total. The number of nitrogens with one attached hydrogen (secondary N) is 1. The summed E-state index contributed by atoms with van der Waals surface area (Å²) in [5.41, 5.74) is 0.218. The van der Waals surface area contributed by atoms with E-state index < -0.39 is 11.4 Å². The first-order chi connectivity index (χ1) is 11.6. The number of benzene rings is 1. The zero-order chi connectivity index (χ0) is 17.4. The van der Waals surface area contributed by atoms with Crippen LogP contribution in [0, 0.1) is 0 Å². The minimum absolute atomic E-state index is 0.0165. The van der Waals surface area contributed by atoms with Gasteiger partial charge in [-0.05, 0) is 37.3 Å². The Hall–Kier alpha value is -1.59. The van der Waals surface area contributed by atoms with Crippen LogP contribution in [-0.4, -0.2) is 36.7 Å². The number of unbranched alkanes of at least 4 members (excludes halogenated alkanes) is 2. The molecule has 24 heavy (non-hydrogen) atoms. The van der Waals surface area contributed by atoms with Gasteiger partial charge >= 0.3 is 5.97 Å². The molecule has 0 spiro atoms. The number of halogens is 1. The van der Waals surface area contributed by atoms with Gasteiger partial charge in [-0.25, -0.2) is 0 Å². The number of carboxylic acid groups (broad SMARTS) is 1. The first-order valence-electron chi connectivity index (χ1n) is 8.39. The number of hydrogen-bond acceptors (Lipinski definition) is 3. The number of hydrogen-bond donors (Lipinski definition) is 2. The lowest BCUT2D eigenvalue weighted by Gasteiger charge is -2.36. The highest BCUT2D eigenvalue weighted by atomic mass is 35.5. The highest BCUT2D eigenvalue weighted by Crippen LogP contribution is 2.38. The number of amides is 1. The number of ether oxygens (including phenoxy) is 1. The molecule has 0 aliphatic carbocycles. The fraction of sp³-hybridized carbons (Fsp3) is 0.556. The van der Waals surface area contributed by atoms with Gasteiger partial charge in [0.05, 0.1) is 5.41 Å². The largest absolute Gasteiger partial charge is 0.481 e. The van der Waals surface area contributed by atoms with E-state index in [1.807, 2.05) is 24.3 Å². The zero-order valence-electron chi connectivity index (χ0n) is 13.7. The second kappa shape index (κ2) is 9.04. The first-order valence-corrected chi connectivity index (χ1v) is 8.77. The van der Waals surface area contributed by atoms with Crippen molar-refractivity contribution >= 4 is 23.5 Å². The third-order valence-corrected chi connectivity index (χ3v) is 4.85. The van der Waals surface area contributed by atoms with Gasteiger partial charge in [0.1, 0.15) is 0 Å². The molecule has 132 valence electrons. The standard InChI is InChI=1S/C18H24ClNO4/c19-15-7-4-3-6-14(15)18(9-12-24-13-10-18)17(23)20-11-5-1-2-8-16(21)22/h3-4,6-7H,1-2,5,8-13H2,(H,20,23)(H,21,22). The Kier molecular flexibility index (Phi) is 7.06. The van der Waals surface area contributed by atoms with E-state index in [1.165, 1.54) is 0 Å². The number of carbonyl (C=O) groups is 2. The quantitative estimate of drug-likeness (QED) is 0.704. The normalized spacial score (nSPS) is 16.5. The summed E-state index contributed by atoms with van der Waals surface area (Å²) in [6.07, 6.45) is 3.59. The van der Waals surface area contributed by atoms with Crippen molar-refractivity contribution in [1.82, 2.24) is 5.32 Å². The third-order valence-electron chi connectivity index (χ3n) is 4.52. The maximum Gasteiger partial charge on any atom is 0.303 e. The van der Waals surface area contributed by atoms with Crippen LogP contribution in [0.25, 0.3) is 0 Å². The number of aliphatic carboxylic acids is 1. The molecule has 6 heteroatoms. The van der Waals surface area contributed by atoms with Gasteiger partial charge in [-0.3, -0.25) is 9.59 Å². The van der Waals surface area contributed by atoms with Crippen LogP contribution >= 0.6 is 11.6 Å². The SMILES string of the molecule is O=C(O)CCCCCNC(=O)C1(c2ccccc2Cl)CCOCC1. The van der Waals surface area contributed by atoms with E-state index in [0.29, 0.717) is 44.0 Å². The van der Waals surface area contributed by atoms with Crippen LogP contribution in [0.2, 0.25) is 5.02 Å². The van der Waals surface area contributed by atoms with Gasteiger partial charge in [-0.1, -0.05) is 36.2 Å². The van der Waals surface area contributed by atoms with Crippen molar-refractivity contribution in [3.05, 3.63) is 34.9 Å². The molecule has 1 aromatic carbocycles. The molecule has 1 aromatic rings. The van der Waals surface area contributed by atoms with E-state index in [9.17, 15) is 9.59 Å². The lowest BCUT2D eigenvalue weighted by molar-refractivity contribution is -0.137. The minimum atomic E-state index is -0.779. The van der Waals surface area contributed by atoms with E-state index in [1.54, 1.807) is 0 Å². The molecule has 1 fully saturated rings. The number of carboxylic acids is 1. The van der Waals surface area contributed by atoms with Crippen LogP contribution < -0.4 is 5.32 Å². The lowest BCUT2D eigenvalue weighted by atomic mass is 9.73. The maximum absolute atomic E-state index is 12.9. The van der Waals surface area contributed by atoms with Crippen molar-refractivity contribution in [3.8, 4) is 0 Å². The van der Waals surface area contributed by atoms with Crippen LogP contribution in [0.5, 0.6) is 0 Å². The predicted octanol–water partition coefficient (Wildman–Crippen LogP) is 3.15. The van der Waals surface area contributed by atoms with Crippen molar-refractivity contribution in [2.45, 2.75) is 43.9 Å². The number of rotatable bonds is 8. The monoisotopic (exact) mass is 353 g/mol. The summed E-state index contributed by atoms with van der Waals surface area (Å²) in [5.74, 6) is -0.795. The Morgan fingerprint density at radius 3 is 2.54 bits per heavy atom. The molecular formula is C18H24ClNO4. The lowest BCUT2D eigenvalue weighted by Crippen LogP contribution is -2.48. The van der Waals surface area contributed by atoms with Crippen molar-refractivity contribution in [2.75, 3.05) is 19.8 Å². The Morgan fingerprint density at radius 1 is 1.17 bits per heavy atom. The van der Waals surface area contributed by atoms with Gasteiger partial charge in [0, 0.05) is 31.2 Å². The van der Waals surface area contributed by atoms with Crippen LogP contribution in [0.1, 0.15) is 44.1 Å². The summed E-state index contributed by atoms with van der Waals surface area (Å²) in [6, 6.07) is 7.49. The van der Waals surface area contributed by atoms with E-state index in [0.717, 1.165) is 18.4 Å².